The Balaban J connectivity index is 1.96. The van der Waals surface area contributed by atoms with E-state index in [1.54, 1.807) is 31.3 Å². The van der Waals surface area contributed by atoms with Gasteiger partial charge in [0, 0.05) is 18.9 Å². The van der Waals surface area contributed by atoms with Gasteiger partial charge in [-0.25, -0.2) is 13.4 Å². The SMILES string of the molecule is Cc1ccccc1N(C)C(=O)c1ncc(Cl)cc1NS(=O)(=O)c1ccc(C(C)(C)C)cc1. The number of hydrogen-bond acceptors (Lipinski definition) is 4. The lowest BCUT2D eigenvalue weighted by atomic mass is 9.87. The molecule has 0 radical (unpaired) electrons. The molecule has 2 aromatic carbocycles. The molecule has 168 valence electrons. The molecular formula is C24H26ClN3O3S. The summed E-state index contributed by atoms with van der Waals surface area (Å²) in [5.41, 5.74) is 2.47. The van der Waals surface area contributed by atoms with Crippen molar-refractivity contribution >= 4 is 38.9 Å². The summed E-state index contributed by atoms with van der Waals surface area (Å²) in [6.07, 6.45) is 1.32. The van der Waals surface area contributed by atoms with E-state index in [1.165, 1.54) is 17.2 Å². The molecular weight excluding hydrogens is 446 g/mol. The average molecular weight is 472 g/mol. The van der Waals surface area contributed by atoms with Crippen LogP contribution in [-0.2, 0) is 15.4 Å². The molecule has 1 heterocycles. The highest BCUT2D eigenvalue weighted by Gasteiger charge is 2.24. The topological polar surface area (TPSA) is 79.4 Å². The Morgan fingerprint density at radius 1 is 1.06 bits per heavy atom. The molecule has 3 aromatic rings. The van der Waals surface area contributed by atoms with Gasteiger partial charge in [0.25, 0.3) is 15.9 Å². The van der Waals surface area contributed by atoms with Crippen molar-refractivity contribution in [2.75, 3.05) is 16.7 Å². The fourth-order valence-corrected chi connectivity index (χ4v) is 4.45. The van der Waals surface area contributed by atoms with Crippen LogP contribution in [0.4, 0.5) is 11.4 Å². The molecule has 0 unspecified atom stereocenters. The number of carbonyl (C=O) groups is 1. The number of carbonyl (C=O) groups excluding carboxylic acids is 1. The molecule has 32 heavy (non-hydrogen) atoms. The highest BCUT2D eigenvalue weighted by atomic mass is 35.5. The third-order valence-electron chi connectivity index (χ3n) is 5.11. The number of aryl methyl sites for hydroxylation is 1. The van der Waals surface area contributed by atoms with Crippen LogP contribution in [0, 0.1) is 6.92 Å². The summed E-state index contributed by atoms with van der Waals surface area (Å²) in [5.74, 6) is -0.461. The minimum atomic E-state index is -3.97. The predicted molar refractivity (Wildman–Crippen MR) is 129 cm³/mol. The molecule has 0 spiro atoms. The lowest BCUT2D eigenvalue weighted by Crippen LogP contribution is -2.29. The summed E-state index contributed by atoms with van der Waals surface area (Å²) in [5, 5.41) is 0.209. The van der Waals surface area contributed by atoms with E-state index in [1.807, 2.05) is 31.2 Å². The molecule has 0 saturated heterocycles. The fraction of sp³-hybridized carbons (Fsp3) is 0.250. The molecule has 0 aliphatic carbocycles. The smallest absolute Gasteiger partial charge is 0.278 e. The molecule has 1 aromatic heterocycles. The molecule has 0 atom stereocenters. The fourth-order valence-electron chi connectivity index (χ4n) is 3.23. The Hall–Kier alpha value is -2.90. The van der Waals surface area contributed by atoms with E-state index < -0.39 is 15.9 Å². The van der Waals surface area contributed by atoms with Crippen molar-refractivity contribution in [2.24, 2.45) is 0 Å². The van der Waals surface area contributed by atoms with Gasteiger partial charge >= 0.3 is 0 Å². The third kappa shape index (κ3) is 5.11. The molecule has 3 rings (SSSR count). The van der Waals surface area contributed by atoms with Crippen molar-refractivity contribution in [3.8, 4) is 0 Å². The predicted octanol–water partition coefficient (Wildman–Crippen LogP) is 5.42. The maximum Gasteiger partial charge on any atom is 0.278 e. The summed E-state index contributed by atoms with van der Waals surface area (Å²) < 4.78 is 28.6. The molecule has 6 nitrogen and oxygen atoms in total. The van der Waals surface area contributed by atoms with Crippen LogP contribution in [0.15, 0.2) is 65.7 Å². The number of hydrogen-bond donors (Lipinski definition) is 1. The number of amides is 1. The van der Waals surface area contributed by atoms with Gasteiger partial charge in [-0.1, -0.05) is 62.7 Å². The Morgan fingerprint density at radius 3 is 2.28 bits per heavy atom. The number of pyridine rings is 1. The molecule has 0 aliphatic rings. The van der Waals surface area contributed by atoms with Gasteiger partial charge in [-0.15, -0.1) is 0 Å². The van der Waals surface area contributed by atoms with Crippen LogP contribution in [0.1, 0.15) is 42.4 Å². The standard InChI is InChI=1S/C24H26ClN3O3S/c1-16-8-6-7-9-21(16)28(5)23(29)22-20(14-18(25)15-26-22)27-32(30,31)19-12-10-17(11-13-19)24(2,3)4/h6-15,27H,1-5H3. The van der Waals surface area contributed by atoms with Gasteiger partial charge in [0.05, 0.1) is 15.6 Å². The van der Waals surface area contributed by atoms with E-state index >= 15 is 0 Å². The van der Waals surface area contributed by atoms with Crippen LogP contribution >= 0.6 is 11.6 Å². The number of rotatable bonds is 5. The van der Waals surface area contributed by atoms with Crippen molar-refractivity contribution < 1.29 is 13.2 Å². The Morgan fingerprint density at radius 2 is 1.69 bits per heavy atom. The number of anilines is 2. The number of para-hydroxylation sites is 1. The summed E-state index contributed by atoms with van der Waals surface area (Å²) in [7, 11) is -2.35. The molecule has 0 fully saturated rings. The van der Waals surface area contributed by atoms with Gasteiger partial charge in [-0.05, 0) is 47.7 Å². The molecule has 8 heteroatoms. The van der Waals surface area contributed by atoms with E-state index in [0.29, 0.717) is 5.69 Å². The maximum absolute atomic E-state index is 13.2. The zero-order valence-electron chi connectivity index (χ0n) is 18.7. The van der Waals surface area contributed by atoms with Gasteiger partial charge in [-0.3, -0.25) is 9.52 Å². The highest BCUT2D eigenvalue weighted by molar-refractivity contribution is 7.92. The molecule has 0 bridgehead atoms. The van der Waals surface area contributed by atoms with Crippen LogP contribution in [0.3, 0.4) is 0 Å². The Labute approximate surface area is 194 Å². The second-order valence-electron chi connectivity index (χ2n) is 8.58. The first-order valence-electron chi connectivity index (χ1n) is 10.0. The van der Waals surface area contributed by atoms with Crippen molar-refractivity contribution in [1.29, 1.82) is 0 Å². The monoisotopic (exact) mass is 471 g/mol. The first kappa shape index (κ1) is 23.8. The lowest BCUT2D eigenvalue weighted by molar-refractivity contribution is 0.0989. The number of halogens is 1. The minimum Gasteiger partial charge on any atom is -0.310 e. The van der Waals surface area contributed by atoms with E-state index in [9.17, 15) is 13.2 Å². The summed E-state index contributed by atoms with van der Waals surface area (Å²) >= 11 is 6.07. The number of nitrogens with one attached hydrogen (secondary N) is 1. The van der Waals surface area contributed by atoms with Gasteiger partial charge in [-0.2, -0.15) is 0 Å². The number of nitrogens with zero attached hydrogens (tertiary/aromatic N) is 2. The Kier molecular flexibility index (Phi) is 6.62. The van der Waals surface area contributed by atoms with Crippen molar-refractivity contribution in [3.63, 3.8) is 0 Å². The van der Waals surface area contributed by atoms with Crippen LogP contribution in [0.5, 0.6) is 0 Å². The highest BCUT2D eigenvalue weighted by Crippen LogP contribution is 2.27. The second kappa shape index (κ2) is 8.92. The largest absolute Gasteiger partial charge is 0.310 e. The van der Waals surface area contributed by atoms with E-state index in [4.69, 9.17) is 11.6 Å². The van der Waals surface area contributed by atoms with Gasteiger partial charge in [0.2, 0.25) is 0 Å². The van der Waals surface area contributed by atoms with Crippen LogP contribution < -0.4 is 9.62 Å². The van der Waals surface area contributed by atoms with E-state index in [-0.39, 0.29) is 26.7 Å². The minimum absolute atomic E-state index is 0.0165. The van der Waals surface area contributed by atoms with Crippen molar-refractivity contribution in [2.45, 2.75) is 38.0 Å². The number of sulfonamides is 1. The van der Waals surface area contributed by atoms with E-state index in [2.05, 4.69) is 30.5 Å². The van der Waals surface area contributed by atoms with Crippen LogP contribution in [0.2, 0.25) is 5.02 Å². The summed E-state index contributed by atoms with van der Waals surface area (Å²) in [6, 6.07) is 15.4. The van der Waals surface area contributed by atoms with Crippen LogP contribution in [-0.4, -0.2) is 26.4 Å². The first-order chi connectivity index (χ1) is 14.9. The second-order valence-corrected chi connectivity index (χ2v) is 10.7. The van der Waals surface area contributed by atoms with Gasteiger partial charge < -0.3 is 4.90 Å². The van der Waals surface area contributed by atoms with Crippen molar-refractivity contribution in [1.82, 2.24) is 4.98 Å². The zero-order chi connectivity index (χ0) is 23.7. The molecule has 0 saturated carbocycles. The molecule has 1 amide bonds. The maximum atomic E-state index is 13.2. The van der Waals surface area contributed by atoms with Crippen LogP contribution in [0.25, 0.3) is 0 Å². The average Bonchev–Trinajstić information content (AvgIpc) is 2.72. The molecule has 1 N–H and O–H groups in total. The number of benzene rings is 2. The van der Waals surface area contributed by atoms with E-state index in [0.717, 1.165) is 11.1 Å². The lowest BCUT2D eigenvalue weighted by Gasteiger charge is -2.21. The van der Waals surface area contributed by atoms with Gasteiger partial charge in [0.1, 0.15) is 0 Å². The normalized spacial score (nSPS) is 11.8. The van der Waals surface area contributed by atoms with Crippen molar-refractivity contribution in [3.05, 3.63) is 82.6 Å². The van der Waals surface area contributed by atoms with Gasteiger partial charge in [0.15, 0.2) is 5.69 Å². The Bertz CT molecular complexity index is 1250. The zero-order valence-corrected chi connectivity index (χ0v) is 20.3. The summed E-state index contributed by atoms with van der Waals surface area (Å²) in [4.78, 5) is 18.8. The third-order valence-corrected chi connectivity index (χ3v) is 6.70. The molecule has 0 aliphatic heterocycles. The quantitative estimate of drug-likeness (QED) is 0.539. The number of aromatic nitrogens is 1. The first-order valence-corrected chi connectivity index (χ1v) is 11.9. The summed E-state index contributed by atoms with van der Waals surface area (Å²) in [6.45, 7) is 8.04.